The van der Waals surface area contributed by atoms with E-state index < -0.39 is 0 Å². The number of aryl methyl sites for hydroxylation is 1. The maximum absolute atomic E-state index is 12.9. The van der Waals surface area contributed by atoms with Gasteiger partial charge in [0.15, 0.2) is 0 Å². The number of pyridine rings is 1. The summed E-state index contributed by atoms with van der Waals surface area (Å²) in [5.41, 5.74) is 3.89. The van der Waals surface area contributed by atoms with E-state index in [1.165, 1.54) is 0 Å². The Morgan fingerprint density at radius 3 is 3.08 bits per heavy atom. The number of nitrogens with zero attached hydrogens (tertiary/aromatic N) is 4. The minimum Gasteiger partial charge on any atom is -0.337 e. The minimum atomic E-state index is 0.0408. The van der Waals surface area contributed by atoms with Gasteiger partial charge in [0.2, 0.25) is 0 Å². The quantitative estimate of drug-likeness (QED) is 0.745. The Hall–Kier alpha value is -2.69. The first-order chi connectivity index (χ1) is 11.7. The van der Waals surface area contributed by atoms with E-state index in [2.05, 4.69) is 22.2 Å². The van der Waals surface area contributed by atoms with Crippen LogP contribution in [0.3, 0.4) is 0 Å². The van der Waals surface area contributed by atoms with Gasteiger partial charge in [-0.25, -0.2) is 0 Å². The average molecular weight is 320 g/mol. The molecule has 0 spiro atoms. The van der Waals surface area contributed by atoms with Gasteiger partial charge in [0.05, 0.1) is 23.0 Å². The van der Waals surface area contributed by atoms with Crippen molar-refractivity contribution in [2.24, 2.45) is 0 Å². The monoisotopic (exact) mass is 320 g/mol. The summed E-state index contributed by atoms with van der Waals surface area (Å²) in [6.45, 7) is 1.48. The number of carbonyl (C=O) groups excluding carboxylic acids is 1. The normalized spacial score (nSPS) is 13.7. The summed E-state index contributed by atoms with van der Waals surface area (Å²) in [5, 5.41) is 5.47. The Labute approximate surface area is 140 Å². The largest absolute Gasteiger partial charge is 0.337 e. The summed E-state index contributed by atoms with van der Waals surface area (Å²) in [5.74, 6) is 0.0408. The molecule has 5 nitrogen and oxygen atoms in total. The van der Waals surface area contributed by atoms with E-state index >= 15 is 0 Å². The number of hydrogen-bond donors (Lipinski definition) is 0. The van der Waals surface area contributed by atoms with Gasteiger partial charge in [-0.05, 0) is 37.0 Å². The molecule has 3 heterocycles. The standard InChI is InChI=1S/C19H20N4O/c1-22(13-14-6-4-8-17-15(14)7-5-10-20-17)19(24)16-12-21-23-11-3-2-9-18(16)23/h4-8,10,12H,2-3,9,11,13H2,1H3. The van der Waals surface area contributed by atoms with Crippen LogP contribution in [-0.2, 0) is 19.5 Å². The predicted molar refractivity (Wildman–Crippen MR) is 92.7 cm³/mol. The first kappa shape index (κ1) is 14.9. The molecular formula is C19H20N4O. The van der Waals surface area contributed by atoms with Gasteiger partial charge in [0, 0.05) is 31.7 Å². The Balaban J connectivity index is 1.60. The van der Waals surface area contributed by atoms with Crippen molar-refractivity contribution in [2.75, 3.05) is 7.05 Å². The fourth-order valence-electron chi connectivity index (χ4n) is 3.44. The third-order valence-corrected chi connectivity index (χ3v) is 4.70. The molecule has 0 saturated heterocycles. The molecule has 1 aliphatic rings. The summed E-state index contributed by atoms with van der Waals surface area (Å²) >= 11 is 0. The molecule has 24 heavy (non-hydrogen) atoms. The highest BCUT2D eigenvalue weighted by Gasteiger charge is 2.22. The highest BCUT2D eigenvalue weighted by molar-refractivity contribution is 5.95. The van der Waals surface area contributed by atoms with Crippen molar-refractivity contribution >= 4 is 16.8 Å². The van der Waals surface area contributed by atoms with Gasteiger partial charge in [-0.3, -0.25) is 14.5 Å². The lowest BCUT2D eigenvalue weighted by atomic mass is 10.1. The van der Waals surface area contributed by atoms with Gasteiger partial charge >= 0.3 is 0 Å². The fourth-order valence-corrected chi connectivity index (χ4v) is 3.44. The Kier molecular flexibility index (Phi) is 3.76. The molecule has 3 aromatic rings. The van der Waals surface area contributed by atoms with Crippen LogP contribution in [0.15, 0.2) is 42.7 Å². The van der Waals surface area contributed by atoms with Gasteiger partial charge < -0.3 is 4.90 Å². The van der Waals surface area contributed by atoms with Crippen LogP contribution in [0.5, 0.6) is 0 Å². The molecule has 0 unspecified atom stereocenters. The predicted octanol–water partition coefficient (Wildman–Crippen LogP) is 3.04. The van der Waals surface area contributed by atoms with Crippen molar-refractivity contribution in [1.82, 2.24) is 19.7 Å². The number of hydrogen-bond acceptors (Lipinski definition) is 3. The van der Waals surface area contributed by atoms with E-state index in [0.717, 1.165) is 53.5 Å². The zero-order valence-electron chi connectivity index (χ0n) is 13.8. The summed E-state index contributed by atoms with van der Waals surface area (Å²) < 4.78 is 1.98. The second-order valence-electron chi connectivity index (χ2n) is 6.33. The van der Waals surface area contributed by atoms with E-state index in [4.69, 9.17) is 0 Å². The highest BCUT2D eigenvalue weighted by Crippen LogP contribution is 2.22. The number of fused-ring (bicyclic) bond motifs is 2. The molecule has 1 aliphatic heterocycles. The second-order valence-corrected chi connectivity index (χ2v) is 6.33. The second kappa shape index (κ2) is 6.07. The van der Waals surface area contributed by atoms with Crippen molar-refractivity contribution < 1.29 is 4.79 Å². The summed E-state index contributed by atoms with van der Waals surface area (Å²) in [6.07, 6.45) is 6.73. The zero-order chi connectivity index (χ0) is 16.5. The van der Waals surface area contributed by atoms with Crippen molar-refractivity contribution in [3.05, 3.63) is 59.5 Å². The van der Waals surface area contributed by atoms with Crippen LogP contribution in [0.25, 0.3) is 10.9 Å². The van der Waals surface area contributed by atoms with E-state index in [1.54, 1.807) is 17.3 Å². The maximum atomic E-state index is 12.9. The number of amides is 1. The summed E-state index contributed by atoms with van der Waals surface area (Å²) in [7, 11) is 1.85. The van der Waals surface area contributed by atoms with Gasteiger partial charge in [0.25, 0.3) is 5.91 Å². The number of benzene rings is 1. The molecule has 0 N–H and O–H groups in total. The third-order valence-electron chi connectivity index (χ3n) is 4.70. The number of rotatable bonds is 3. The van der Waals surface area contributed by atoms with Crippen LogP contribution in [0, 0.1) is 0 Å². The van der Waals surface area contributed by atoms with Crippen LogP contribution in [0.2, 0.25) is 0 Å². The number of carbonyl (C=O) groups is 1. The van der Waals surface area contributed by atoms with Crippen LogP contribution < -0.4 is 0 Å². The molecule has 0 fully saturated rings. The zero-order valence-corrected chi connectivity index (χ0v) is 13.8. The molecule has 1 aromatic carbocycles. The van der Waals surface area contributed by atoms with Crippen LogP contribution >= 0.6 is 0 Å². The minimum absolute atomic E-state index is 0.0408. The topological polar surface area (TPSA) is 51.0 Å². The molecule has 0 radical (unpaired) electrons. The lowest BCUT2D eigenvalue weighted by molar-refractivity contribution is 0.0784. The van der Waals surface area contributed by atoms with Gasteiger partial charge in [-0.15, -0.1) is 0 Å². The summed E-state index contributed by atoms with van der Waals surface area (Å²) in [6, 6.07) is 10.0. The first-order valence-electron chi connectivity index (χ1n) is 8.37. The van der Waals surface area contributed by atoms with Crippen molar-refractivity contribution in [3.63, 3.8) is 0 Å². The van der Waals surface area contributed by atoms with Crippen molar-refractivity contribution in [2.45, 2.75) is 32.4 Å². The molecule has 5 heteroatoms. The first-order valence-corrected chi connectivity index (χ1v) is 8.37. The molecule has 2 aromatic heterocycles. The van der Waals surface area contributed by atoms with Gasteiger partial charge in [0.1, 0.15) is 0 Å². The summed E-state index contributed by atoms with van der Waals surface area (Å²) in [4.78, 5) is 19.0. The van der Waals surface area contributed by atoms with Crippen LogP contribution in [-0.4, -0.2) is 32.6 Å². The Morgan fingerprint density at radius 2 is 2.17 bits per heavy atom. The molecule has 1 amide bonds. The highest BCUT2D eigenvalue weighted by atomic mass is 16.2. The Morgan fingerprint density at radius 1 is 1.25 bits per heavy atom. The number of aromatic nitrogens is 3. The maximum Gasteiger partial charge on any atom is 0.257 e. The van der Waals surface area contributed by atoms with E-state index in [-0.39, 0.29) is 5.91 Å². The van der Waals surface area contributed by atoms with Crippen LogP contribution in [0.1, 0.15) is 34.5 Å². The molecular weight excluding hydrogens is 300 g/mol. The molecule has 0 bridgehead atoms. The van der Waals surface area contributed by atoms with Gasteiger partial charge in [-0.2, -0.15) is 5.10 Å². The molecule has 0 aliphatic carbocycles. The van der Waals surface area contributed by atoms with Crippen molar-refractivity contribution in [1.29, 1.82) is 0 Å². The SMILES string of the molecule is CN(Cc1cccc2ncccc12)C(=O)c1cnn2c1CCCC2. The lowest BCUT2D eigenvalue weighted by Gasteiger charge is -2.20. The lowest BCUT2D eigenvalue weighted by Crippen LogP contribution is -2.27. The van der Waals surface area contributed by atoms with Crippen molar-refractivity contribution in [3.8, 4) is 0 Å². The molecule has 0 saturated carbocycles. The van der Waals surface area contributed by atoms with E-state index in [0.29, 0.717) is 6.54 Å². The average Bonchev–Trinajstić information content (AvgIpc) is 3.05. The molecule has 122 valence electrons. The van der Waals surface area contributed by atoms with Gasteiger partial charge in [-0.1, -0.05) is 18.2 Å². The third kappa shape index (κ3) is 2.56. The van der Waals surface area contributed by atoms with E-state index in [1.807, 2.05) is 29.9 Å². The Bertz CT molecular complexity index is 894. The smallest absolute Gasteiger partial charge is 0.257 e. The van der Waals surface area contributed by atoms with Crippen LogP contribution in [0.4, 0.5) is 0 Å². The molecule has 4 rings (SSSR count). The molecule has 0 atom stereocenters. The fraction of sp³-hybridized carbons (Fsp3) is 0.316. The van der Waals surface area contributed by atoms with E-state index in [9.17, 15) is 4.79 Å².